The van der Waals surface area contributed by atoms with Crippen LogP contribution in [0.25, 0.3) is 0 Å². The SMILES string of the molecule is Cc1ccccc1N1C[C@H](C)O[C@@H]1C. The third-order valence-corrected chi connectivity index (χ3v) is 2.75. The van der Waals surface area contributed by atoms with E-state index in [1.165, 1.54) is 11.3 Å². The van der Waals surface area contributed by atoms with Crippen LogP contribution < -0.4 is 4.90 Å². The van der Waals surface area contributed by atoms with Gasteiger partial charge in [-0.2, -0.15) is 0 Å². The van der Waals surface area contributed by atoms with Gasteiger partial charge in [0.05, 0.1) is 6.10 Å². The van der Waals surface area contributed by atoms with E-state index in [9.17, 15) is 0 Å². The molecule has 0 radical (unpaired) electrons. The van der Waals surface area contributed by atoms with Crippen molar-refractivity contribution in [2.24, 2.45) is 0 Å². The number of hydrogen-bond acceptors (Lipinski definition) is 2. The van der Waals surface area contributed by atoms with Crippen molar-refractivity contribution in [2.45, 2.75) is 33.1 Å². The Kier molecular flexibility index (Phi) is 2.46. The summed E-state index contributed by atoms with van der Waals surface area (Å²) in [7, 11) is 0. The van der Waals surface area contributed by atoms with Gasteiger partial charge >= 0.3 is 0 Å². The minimum Gasteiger partial charge on any atom is -0.354 e. The first-order valence-electron chi connectivity index (χ1n) is 5.16. The number of rotatable bonds is 1. The fourth-order valence-corrected chi connectivity index (χ4v) is 2.06. The van der Waals surface area contributed by atoms with Crippen molar-refractivity contribution < 1.29 is 4.74 Å². The molecule has 14 heavy (non-hydrogen) atoms. The summed E-state index contributed by atoms with van der Waals surface area (Å²) in [6, 6.07) is 8.46. The molecule has 1 saturated heterocycles. The minimum atomic E-state index is 0.200. The first-order chi connectivity index (χ1) is 6.68. The van der Waals surface area contributed by atoms with Crippen molar-refractivity contribution in [2.75, 3.05) is 11.4 Å². The Labute approximate surface area is 85.5 Å². The highest BCUT2D eigenvalue weighted by atomic mass is 16.5. The molecular formula is C12H17NO. The Bertz CT molecular complexity index is 324. The van der Waals surface area contributed by atoms with Crippen molar-refractivity contribution >= 4 is 5.69 Å². The first kappa shape index (κ1) is 9.53. The van der Waals surface area contributed by atoms with E-state index >= 15 is 0 Å². The number of ether oxygens (including phenoxy) is 1. The largest absolute Gasteiger partial charge is 0.354 e. The van der Waals surface area contributed by atoms with E-state index in [2.05, 4.69) is 49.9 Å². The summed E-state index contributed by atoms with van der Waals surface area (Å²) >= 11 is 0. The average molecular weight is 191 g/mol. The van der Waals surface area contributed by atoms with Gasteiger partial charge in [0.15, 0.2) is 0 Å². The predicted molar refractivity (Wildman–Crippen MR) is 58.5 cm³/mol. The second-order valence-electron chi connectivity index (χ2n) is 3.98. The number of hydrogen-bond donors (Lipinski definition) is 0. The van der Waals surface area contributed by atoms with Crippen LogP contribution in [0.5, 0.6) is 0 Å². The van der Waals surface area contributed by atoms with E-state index in [4.69, 9.17) is 4.74 Å². The number of anilines is 1. The smallest absolute Gasteiger partial charge is 0.127 e. The molecule has 1 fully saturated rings. The molecule has 2 heteroatoms. The molecule has 0 aromatic heterocycles. The van der Waals surface area contributed by atoms with Gasteiger partial charge in [0, 0.05) is 12.2 Å². The lowest BCUT2D eigenvalue weighted by atomic mass is 10.2. The quantitative estimate of drug-likeness (QED) is 0.676. The second-order valence-corrected chi connectivity index (χ2v) is 3.98. The van der Waals surface area contributed by atoms with Crippen molar-refractivity contribution in [1.82, 2.24) is 0 Å². The van der Waals surface area contributed by atoms with E-state index in [0.29, 0.717) is 6.10 Å². The average Bonchev–Trinajstić information content (AvgIpc) is 2.46. The van der Waals surface area contributed by atoms with Crippen molar-refractivity contribution in [3.63, 3.8) is 0 Å². The van der Waals surface area contributed by atoms with Crippen LogP contribution >= 0.6 is 0 Å². The molecule has 1 aromatic rings. The maximum Gasteiger partial charge on any atom is 0.127 e. The summed E-state index contributed by atoms with van der Waals surface area (Å²) < 4.78 is 5.71. The molecule has 0 amide bonds. The molecule has 1 aliphatic heterocycles. The highest BCUT2D eigenvalue weighted by Crippen LogP contribution is 2.26. The van der Waals surface area contributed by atoms with Crippen LogP contribution in [0.1, 0.15) is 19.4 Å². The van der Waals surface area contributed by atoms with Crippen LogP contribution in [0.2, 0.25) is 0 Å². The number of nitrogens with zero attached hydrogens (tertiary/aromatic N) is 1. The van der Waals surface area contributed by atoms with Gasteiger partial charge in [-0.05, 0) is 32.4 Å². The van der Waals surface area contributed by atoms with E-state index in [1.54, 1.807) is 0 Å². The molecule has 0 aliphatic carbocycles. The van der Waals surface area contributed by atoms with E-state index in [0.717, 1.165) is 6.54 Å². The summed E-state index contributed by atoms with van der Waals surface area (Å²) in [6.45, 7) is 7.36. The van der Waals surface area contributed by atoms with Gasteiger partial charge in [-0.1, -0.05) is 18.2 Å². The molecule has 0 saturated carbocycles. The summed E-state index contributed by atoms with van der Waals surface area (Å²) in [5, 5.41) is 0. The molecule has 1 aromatic carbocycles. The van der Waals surface area contributed by atoms with E-state index in [1.807, 2.05) is 0 Å². The van der Waals surface area contributed by atoms with Gasteiger partial charge in [0.25, 0.3) is 0 Å². The molecule has 1 heterocycles. The number of para-hydroxylation sites is 1. The highest BCUT2D eigenvalue weighted by Gasteiger charge is 2.27. The Hall–Kier alpha value is -1.02. The zero-order valence-corrected chi connectivity index (χ0v) is 9.03. The molecule has 0 N–H and O–H groups in total. The van der Waals surface area contributed by atoms with Crippen LogP contribution in [-0.4, -0.2) is 18.9 Å². The van der Waals surface area contributed by atoms with Gasteiger partial charge in [-0.25, -0.2) is 0 Å². The third kappa shape index (κ3) is 1.62. The Morgan fingerprint density at radius 3 is 2.57 bits per heavy atom. The minimum absolute atomic E-state index is 0.200. The second kappa shape index (κ2) is 3.62. The van der Waals surface area contributed by atoms with Gasteiger partial charge in [-0.3, -0.25) is 0 Å². The molecule has 2 atom stereocenters. The summed E-state index contributed by atoms with van der Waals surface area (Å²) in [4.78, 5) is 2.32. The molecule has 1 aliphatic rings. The topological polar surface area (TPSA) is 12.5 Å². The maximum absolute atomic E-state index is 5.71. The van der Waals surface area contributed by atoms with Crippen molar-refractivity contribution in [3.05, 3.63) is 29.8 Å². The normalized spacial score (nSPS) is 26.9. The molecule has 2 rings (SSSR count). The molecule has 76 valence electrons. The van der Waals surface area contributed by atoms with E-state index in [-0.39, 0.29) is 6.23 Å². The zero-order valence-electron chi connectivity index (χ0n) is 9.03. The lowest BCUT2D eigenvalue weighted by Gasteiger charge is -2.23. The van der Waals surface area contributed by atoms with Gasteiger partial charge in [0.1, 0.15) is 6.23 Å². The van der Waals surface area contributed by atoms with Crippen molar-refractivity contribution in [1.29, 1.82) is 0 Å². The Morgan fingerprint density at radius 2 is 2.00 bits per heavy atom. The summed E-state index contributed by atoms with van der Waals surface area (Å²) in [5.74, 6) is 0. The molecule has 2 nitrogen and oxygen atoms in total. The zero-order chi connectivity index (χ0) is 10.1. The number of aryl methyl sites for hydroxylation is 1. The van der Waals surface area contributed by atoms with Gasteiger partial charge in [0.2, 0.25) is 0 Å². The molecular weight excluding hydrogens is 174 g/mol. The molecule has 0 bridgehead atoms. The van der Waals surface area contributed by atoms with Gasteiger partial charge in [-0.15, -0.1) is 0 Å². The van der Waals surface area contributed by atoms with E-state index < -0.39 is 0 Å². The van der Waals surface area contributed by atoms with Gasteiger partial charge < -0.3 is 9.64 Å². The van der Waals surface area contributed by atoms with Crippen LogP contribution in [-0.2, 0) is 4.74 Å². The molecule has 0 unspecified atom stereocenters. The summed E-state index contributed by atoms with van der Waals surface area (Å²) in [5.41, 5.74) is 2.61. The predicted octanol–water partition coefficient (Wildman–Crippen LogP) is 2.57. The van der Waals surface area contributed by atoms with Crippen LogP contribution in [0, 0.1) is 6.92 Å². The van der Waals surface area contributed by atoms with Crippen LogP contribution in [0.4, 0.5) is 5.69 Å². The molecule has 0 spiro atoms. The standard InChI is InChI=1S/C12H17NO/c1-9-6-4-5-7-12(9)13-8-10(2)14-11(13)3/h4-7,10-11H,8H2,1-3H3/t10-,11+/m0/s1. The number of benzene rings is 1. The van der Waals surface area contributed by atoms with Crippen molar-refractivity contribution in [3.8, 4) is 0 Å². The first-order valence-corrected chi connectivity index (χ1v) is 5.16. The highest BCUT2D eigenvalue weighted by molar-refractivity contribution is 5.53. The lowest BCUT2D eigenvalue weighted by Crippen LogP contribution is -2.28. The third-order valence-electron chi connectivity index (χ3n) is 2.75. The lowest BCUT2D eigenvalue weighted by molar-refractivity contribution is 0.0706. The fourth-order valence-electron chi connectivity index (χ4n) is 2.06. The monoisotopic (exact) mass is 191 g/mol. The Morgan fingerprint density at radius 1 is 1.29 bits per heavy atom. The fraction of sp³-hybridized carbons (Fsp3) is 0.500. The van der Waals surface area contributed by atoms with Crippen LogP contribution in [0.15, 0.2) is 24.3 Å². The van der Waals surface area contributed by atoms with Crippen LogP contribution in [0.3, 0.4) is 0 Å². The maximum atomic E-state index is 5.71. The Balaban J connectivity index is 2.27. The summed E-state index contributed by atoms with van der Waals surface area (Å²) in [6.07, 6.45) is 0.538.